The number of hydrogen-bond donors (Lipinski definition) is 1. The third-order valence-electron chi connectivity index (χ3n) is 4.50. The van der Waals surface area contributed by atoms with Gasteiger partial charge < -0.3 is 10.2 Å². The molecule has 3 rings (SSSR count). The van der Waals surface area contributed by atoms with E-state index in [0.29, 0.717) is 6.04 Å². The minimum atomic E-state index is 0.0529. The highest BCUT2D eigenvalue weighted by atomic mass is 16.2. The average Bonchev–Trinajstić information content (AvgIpc) is 3.03. The van der Waals surface area contributed by atoms with Gasteiger partial charge in [0.1, 0.15) is 0 Å². The third-order valence-corrected chi connectivity index (χ3v) is 4.50. The molecule has 0 aromatic carbocycles. The molecular formula is C14H22N4O. The smallest absolute Gasteiger partial charge is 0.321 e. The molecule has 104 valence electrons. The maximum Gasteiger partial charge on any atom is 0.322 e. The normalized spacial score (nSPS) is 25.7. The average molecular weight is 262 g/mol. The number of nitrogens with zero attached hydrogens (tertiary/aromatic N) is 3. The molecule has 1 aliphatic heterocycles. The van der Waals surface area contributed by atoms with Gasteiger partial charge in [0.2, 0.25) is 0 Å². The van der Waals surface area contributed by atoms with Crippen molar-refractivity contribution < 1.29 is 4.79 Å². The van der Waals surface area contributed by atoms with Gasteiger partial charge in [-0.25, -0.2) is 4.79 Å². The first-order chi connectivity index (χ1) is 9.19. The van der Waals surface area contributed by atoms with Gasteiger partial charge in [-0.3, -0.25) is 4.68 Å². The largest absolute Gasteiger partial charge is 0.322 e. The molecule has 5 heteroatoms. The maximum atomic E-state index is 12.4. The number of hydrogen-bond acceptors (Lipinski definition) is 2. The summed E-state index contributed by atoms with van der Waals surface area (Å²) in [7, 11) is 1.89. The van der Waals surface area contributed by atoms with Crippen molar-refractivity contribution >= 4 is 11.7 Å². The molecule has 1 saturated heterocycles. The number of carbonyl (C=O) groups is 1. The molecule has 1 aromatic rings. The molecule has 19 heavy (non-hydrogen) atoms. The van der Waals surface area contributed by atoms with E-state index < -0.39 is 0 Å². The Morgan fingerprint density at radius 3 is 3.11 bits per heavy atom. The van der Waals surface area contributed by atoms with Crippen molar-refractivity contribution in [2.45, 2.75) is 45.1 Å². The predicted octanol–water partition coefficient (Wildman–Crippen LogP) is 2.39. The number of amides is 2. The first-order valence-corrected chi connectivity index (χ1v) is 7.29. The van der Waals surface area contributed by atoms with Crippen LogP contribution in [0.4, 0.5) is 10.5 Å². The van der Waals surface area contributed by atoms with Crippen LogP contribution in [0.3, 0.4) is 0 Å². The zero-order valence-corrected chi connectivity index (χ0v) is 11.7. The van der Waals surface area contributed by atoms with Gasteiger partial charge in [0.15, 0.2) is 0 Å². The van der Waals surface area contributed by atoms with Gasteiger partial charge in [-0.15, -0.1) is 0 Å². The summed E-state index contributed by atoms with van der Waals surface area (Å²) in [5.74, 6) is 0.741. The Kier molecular flexibility index (Phi) is 3.21. The first-order valence-electron chi connectivity index (χ1n) is 7.29. The van der Waals surface area contributed by atoms with Crippen molar-refractivity contribution in [1.82, 2.24) is 14.7 Å². The number of anilines is 1. The quantitative estimate of drug-likeness (QED) is 0.889. The molecule has 5 nitrogen and oxygen atoms in total. The van der Waals surface area contributed by atoms with Crippen LogP contribution < -0.4 is 5.32 Å². The molecule has 2 atom stereocenters. The van der Waals surface area contributed by atoms with E-state index in [0.717, 1.165) is 30.3 Å². The molecule has 1 N–H and O–H groups in total. The number of urea groups is 1. The van der Waals surface area contributed by atoms with Crippen LogP contribution in [0.1, 0.15) is 38.3 Å². The third kappa shape index (κ3) is 2.22. The highest BCUT2D eigenvalue weighted by Crippen LogP contribution is 2.37. The molecule has 2 aliphatic rings. The highest BCUT2D eigenvalue weighted by Gasteiger charge is 2.39. The minimum absolute atomic E-state index is 0.0529. The molecule has 2 heterocycles. The van der Waals surface area contributed by atoms with Gasteiger partial charge in [0.25, 0.3) is 0 Å². The molecule has 0 radical (unpaired) electrons. The molecule has 1 saturated carbocycles. The lowest BCUT2D eigenvalue weighted by atomic mass is 10.1. The van der Waals surface area contributed by atoms with Gasteiger partial charge in [0.05, 0.1) is 11.4 Å². The zero-order chi connectivity index (χ0) is 13.4. The summed E-state index contributed by atoms with van der Waals surface area (Å²) in [4.78, 5) is 14.4. The van der Waals surface area contributed by atoms with Crippen molar-refractivity contribution in [1.29, 1.82) is 0 Å². The molecule has 1 aliphatic carbocycles. The van der Waals surface area contributed by atoms with Gasteiger partial charge >= 0.3 is 6.03 Å². The number of carbonyl (C=O) groups excluding carboxylic acids is 1. The summed E-state index contributed by atoms with van der Waals surface area (Å²) in [5, 5.41) is 7.40. The second-order valence-corrected chi connectivity index (χ2v) is 5.69. The van der Waals surface area contributed by atoms with Crippen molar-refractivity contribution in [3.05, 3.63) is 11.9 Å². The highest BCUT2D eigenvalue weighted by molar-refractivity contribution is 5.90. The summed E-state index contributed by atoms with van der Waals surface area (Å²) in [6.07, 6.45) is 7.63. The first kappa shape index (κ1) is 12.5. The van der Waals surface area contributed by atoms with Crippen LogP contribution in [-0.2, 0) is 13.5 Å². The summed E-state index contributed by atoms with van der Waals surface area (Å²) >= 11 is 0. The van der Waals surface area contributed by atoms with Crippen LogP contribution in [-0.4, -0.2) is 33.3 Å². The minimum Gasteiger partial charge on any atom is -0.321 e. The monoisotopic (exact) mass is 262 g/mol. The van der Waals surface area contributed by atoms with Crippen LogP contribution in [0, 0.1) is 5.92 Å². The molecule has 0 spiro atoms. The zero-order valence-electron chi connectivity index (χ0n) is 11.7. The number of fused-ring (bicyclic) bond motifs is 1. The van der Waals surface area contributed by atoms with E-state index in [2.05, 4.69) is 17.3 Å². The Balaban J connectivity index is 1.71. The van der Waals surface area contributed by atoms with Crippen LogP contribution in [0.5, 0.6) is 0 Å². The summed E-state index contributed by atoms with van der Waals surface area (Å²) < 4.78 is 1.76. The van der Waals surface area contributed by atoms with Crippen molar-refractivity contribution in [2.24, 2.45) is 13.0 Å². The Bertz CT molecular complexity index is 482. The predicted molar refractivity (Wildman–Crippen MR) is 74.1 cm³/mol. The van der Waals surface area contributed by atoms with E-state index in [1.54, 1.807) is 4.68 Å². The van der Waals surface area contributed by atoms with Crippen LogP contribution in [0.15, 0.2) is 6.20 Å². The lowest BCUT2D eigenvalue weighted by Crippen LogP contribution is -2.39. The van der Waals surface area contributed by atoms with Crippen molar-refractivity contribution in [3.63, 3.8) is 0 Å². The Labute approximate surface area is 114 Å². The Hall–Kier alpha value is -1.52. The SMILES string of the molecule is CCc1nn(C)cc1NC(=O)N1CC[C@@H]2CCC[C@@H]21. The molecule has 0 unspecified atom stereocenters. The Morgan fingerprint density at radius 2 is 2.32 bits per heavy atom. The van der Waals surface area contributed by atoms with Crippen LogP contribution in [0.2, 0.25) is 0 Å². The fourth-order valence-corrected chi connectivity index (χ4v) is 3.57. The lowest BCUT2D eigenvalue weighted by molar-refractivity contribution is 0.203. The fraction of sp³-hybridized carbons (Fsp3) is 0.714. The summed E-state index contributed by atoms with van der Waals surface area (Å²) in [5.41, 5.74) is 1.81. The van der Waals surface area contributed by atoms with Crippen LogP contribution in [0.25, 0.3) is 0 Å². The topological polar surface area (TPSA) is 50.2 Å². The molecular weight excluding hydrogens is 240 g/mol. The molecule has 0 bridgehead atoms. The standard InChI is InChI=1S/C14H22N4O/c1-3-11-12(9-17(2)16-11)15-14(19)18-8-7-10-5-4-6-13(10)18/h9-10,13H,3-8H2,1-2H3,(H,15,19)/t10-,13-/m0/s1. The number of aromatic nitrogens is 2. The van der Waals surface area contributed by atoms with Gasteiger partial charge in [-0.05, 0) is 31.6 Å². The van der Waals surface area contributed by atoms with E-state index >= 15 is 0 Å². The van der Waals surface area contributed by atoms with Gasteiger partial charge in [0, 0.05) is 25.8 Å². The number of nitrogens with one attached hydrogen (secondary N) is 1. The summed E-state index contributed by atoms with van der Waals surface area (Å²) in [6, 6.07) is 0.527. The van der Waals surface area contributed by atoms with E-state index in [-0.39, 0.29) is 6.03 Å². The second kappa shape index (κ2) is 4.87. The van der Waals surface area contributed by atoms with E-state index in [9.17, 15) is 4.79 Å². The van der Waals surface area contributed by atoms with Gasteiger partial charge in [-0.1, -0.05) is 13.3 Å². The van der Waals surface area contributed by atoms with Crippen LogP contribution >= 0.6 is 0 Å². The van der Waals surface area contributed by atoms with E-state index in [1.165, 1.54) is 25.7 Å². The number of likely N-dealkylation sites (tertiary alicyclic amines) is 1. The fourth-order valence-electron chi connectivity index (χ4n) is 3.57. The second-order valence-electron chi connectivity index (χ2n) is 5.69. The lowest BCUT2D eigenvalue weighted by Gasteiger charge is -2.24. The Morgan fingerprint density at radius 1 is 1.47 bits per heavy atom. The molecule has 2 amide bonds. The number of aryl methyl sites for hydroxylation is 2. The molecule has 1 aromatic heterocycles. The van der Waals surface area contributed by atoms with Crippen molar-refractivity contribution in [2.75, 3.05) is 11.9 Å². The number of rotatable bonds is 2. The van der Waals surface area contributed by atoms with Gasteiger partial charge in [-0.2, -0.15) is 5.10 Å². The van der Waals surface area contributed by atoms with E-state index in [1.807, 2.05) is 18.1 Å². The summed E-state index contributed by atoms with van der Waals surface area (Å²) in [6.45, 7) is 2.96. The maximum absolute atomic E-state index is 12.4. The van der Waals surface area contributed by atoms with E-state index in [4.69, 9.17) is 0 Å². The molecule has 2 fully saturated rings. The van der Waals surface area contributed by atoms with Crippen molar-refractivity contribution in [3.8, 4) is 0 Å².